The molecule has 0 bridgehead atoms. The van der Waals surface area contributed by atoms with Crippen LogP contribution in [0.4, 0.5) is 5.69 Å². The zero-order valence-electron chi connectivity index (χ0n) is 10.6. The lowest BCUT2D eigenvalue weighted by atomic mass is 9.78. The number of carbonyl (C=O) groups excluding carboxylic acids is 2. The van der Waals surface area contributed by atoms with Gasteiger partial charge in [0.25, 0.3) is 0 Å². The second kappa shape index (κ2) is 4.23. The molecule has 3 atom stereocenters. The molecule has 0 aromatic heterocycles. The number of allylic oxidation sites excluding steroid dienone is 2. The first-order valence-corrected chi connectivity index (χ1v) is 6.43. The minimum atomic E-state index is -0.294. The van der Waals surface area contributed by atoms with Crippen LogP contribution < -0.4 is 4.90 Å². The summed E-state index contributed by atoms with van der Waals surface area (Å²) in [5.74, 6) is -0.959. The minimum Gasteiger partial charge on any atom is -0.506 e. The molecule has 0 unspecified atom stereocenters. The molecular weight excluding hydrogens is 242 g/mol. The van der Waals surface area contributed by atoms with Gasteiger partial charge in [-0.15, -0.1) is 0 Å². The summed E-state index contributed by atoms with van der Waals surface area (Å²) in [5.41, 5.74) is 0.291. The second-order valence-corrected chi connectivity index (χ2v) is 5.16. The van der Waals surface area contributed by atoms with Gasteiger partial charge in [-0.2, -0.15) is 0 Å². The summed E-state index contributed by atoms with van der Waals surface area (Å²) in [4.78, 5) is 26.0. The van der Waals surface area contributed by atoms with E-state index in [0.29, 0.717) is 12.1 Å². The van der Waals surface area contributed by atoms with Gasteiger partial charge in [0.05, 0.1) is 17.5 Å². The second-order valence-electron chi connectivity index (χ2n) is 5.16. The van der Waals surface area contributed by atoms with Crippen LogP contribution in [0.15, 0.2) is 36.4 Å². The van der Waals surface area contributed by atoms with Crippen molar-refractivity contribution in [3.63, 3.8) is 0 Å². The molecule has 0 radical (unpaired) electrons. The molecule has 1 aromatic carbocycles. The molecule has 2 aliphatic rings. The molecule has 2 amide bonds. The zero-order valence-corrected chi connectivity index (χ0v) is 10.6. The van der Waals surface area contributed by atoms with Crippen molar-refractivity contribution in [2.24, 2.45) is 17.8 Å². The SMILES string of the molecule is C[C@@H]1C=CC[C@H]2C(=O)N(c3ccccc3O)C(=O)[C@H]12. The molecule has 19 heavy (non-hydrogen) atoms. The van der Waals surface area contributed by atoms with Crippen molar-refractivity contribution >= 4 is 17.5 Å². The van der Waals surface area contributed by atoms with Crippen LogP contribution in [-0.2, 0) is 9.59 Å². The fourth-order valence-corrected chi connectivity index (χ4v) is 3.04. The fraction of sp³-hybridized carbons (Fsp3) is 0.333. The number of amides is 2. The standard InChI is InChI=1S/C15H15NO3/c1-9-5-4-6-10-13(9)15(19)16(14(10)18)11-7-2-3-8-12(11)17/h2-5,7-10,13,17H,6H2,1H3/t9-,10-,13-/m1/s1. The summed E-state index contributed by atoms with van der Waals surface area (Å²) in [6.45, 7) is 1.95. The third-order valence-electron chi connectivity index (χ3n) is 4.00. The molecular formula is C15H15NO3. The molecule has 4 nitrogen and oxygen atoms in total. The van der Waals surface area contributed by atoms with Crippen molar-refractivity contribution in [2.75, 3.05) is 4.90 Å². The maximum atomic E-state index is 12.5. The van der Waals surface area contributed by atoms with Gasteiger partial charge in [0.1, 0.15) is 5.75 Å². The van der Waals surface area contributed by atoms with Crippen molar-refractivity contribution in [1.82, 2.24) is 0 Å². The number of imide groups is 1. The Kier molecular flexibility index (Phi) is 2.66. The smallest absolute Gasteiger partial charge is 0.238 e. The first kappa shape index (κ1) is 12.0. The highest BCUT2D eigenvalue weighted by Gasteiger charge is 2.50. The van der Waals surface area contributed by atoms with E-state index < -0.39 is 0 Å². The molecule has 4 heteroatoms. The van der Waals surface area contributed by atoms with E-state index in [9.17, 15) is 14.7 Å². The van der Waals surface area contributed by atoms with Gasteiger partial charge in [-0.05, 0) is 24.5 Å². The number of anilines is 1. The molecule has 1 aliphatic carbocycles. The topological polar surface area (TPSA) is 57.6 Å². The molecule has 1 N–H and O–H groups in total. The lowest BCUT2D eigenvalue weighted by Gasteiger charge is -2.22. The lowest BCUT2D eigenvalue weighted by Crippen LogP contribution is -2.31. The molecule has 3 rings (SSSR count). The van der Waals surface area contributed by atoms with E-state index in [1.807, 2.05) is 19.1 Å². The number of aromatic hydroxyl groups is 1. The molecule has 1 aliphatic heterocycles. The number of phenols is 1. The van der Waals surface area contributed by atoms with Crippen LogP contribution in [0.5, 0.6) is 5.75 Å². The normalized spacial score (nSPS) is 29.7. The maximum absolute atomic E-state index is 12.5. The van der Waals surface area contributed by atoms with Gasteiger partial charge in [0.2, 0.25) is 11.8 Å². The Labute approximate surface area is 111 Å². The first-order valence-electron chi connectivity index (χ1n) is 6.43. The van der Waals surface area contributed by atoms with Crippen molar-refractivity contribution < 1.29 is 14.7 Å². The van der Waals surface area contributed by atoms with Crippen LogP contribution in [0.2, 0.25) is 0 Å². The van der Waals surface area contributed by atoms with E-state index in [1.165, 1.54) is 6.07 Å². The number of hydrogen-bond acceptors (Lipinski definition) is 3. The van der Waals surface area contributed by atoms with E-state index in [-0.39, 0.29) is 35.3 Å². The van der Waals surface area contributed by atoms with Gasteiger partial charge >= 0.3 is 0 Å². The molecule has 1 aromatic rings. The Morgan fingerprint density at radius 2 is 1.95 bits per heavy atom. The number of benzene rings is 1. The predicted octanol–water partition coefficient (Wildman–Crippen LogP) is 2.09. The molecule has 0 saturated carbocycles. The Hall–Kier alpha value is -2.10. The number of carbonyl (C=O) groups is 2. The number of phenolic OH excluding ortho intramolecular Hbond substituents is 1. The van der Waals surface area contributed by atoms with Gasteiger partial charge in [0.15, 0.2) is 0 Å². The number of fused-ring (bicyclic) bond motifs is 1. The molecule has 1 saturated heterocycles. The highest BCUT2D eigenvalue weighted by Crippen LogP contribution is 2.42. The summed E-state index contributed by atoms with van der Waals surface area (Å²) in [5, 5.41) is 9.84. The Morgan fingerprint density at radius 1 is 1.21 bits per heavy atom. The summed E-state index contributed by atoms with van der Waals surface area (Å²) in [7, 11) is 0. The van der Waals surface area contributed by atoms with Gasteiger partial charge in [-0.3, -0.25) is 9.59 Å². The van der Waals surface area contributed by atoms with Crippen molar-refractivity contribution in [3.05, 3.63) is 36.4 Å². The summed E-state index contributed by atoms with van der Waals surface area (Å²) in [6, 6.07) is 6.46. The van der Waals surface area contributed by atoms with Gasteiger partial charge in [0, 0.05) is 0 Å². The Balaban J connectivity index is 2.04. The third-order valence-corrected chi connectivity index (χ3v) is 4.00. The van der Waals surface area contributed by atoms with E-state index in [2.05, 4.69) is 0 Å². The maximum Gasteiger partial charge on any atom is 0.238 e. The fourth-order valence-electron chi connectivity index (χ4n) is 3.04. The Morgan fingerprint density at radius 3 is 2.63 bits per heavy atom. The molecule has 98 valence electrons. The van der Waals surface area contributed by atoms with Gasteiger partial charge < -0.3 is 5.11 Å². The minimum absolute atomic E-state index is 0.0385. The van der Waals surface area contributed by atoms with E-state index >= 15 is 0 Å². The van der Waals surface area contributed by atoms with Crippen LogP contribution in [0.25, 0.3) is 0 Å². The monoisotopic (exact) mass is 257 g/mol. The average Bonchev–Trinajstić information content (AvgIpc) is 2.64. The van der Waals surface area contributed by atoms with Crippen LogP contribution >= 0.6 is 0 Å². The Bertz CT molecular complexity index is 579. The predicted molar refractivity (Wildman–Crippen MR) is 70.5 cm³/mol. The number of nitrogens with zero attached hydrogens (tertiary/aromatic N) is 1. The summed E-state index contributed by atoms with van der Waals surface area (Å²) >= 11 is 0. The van der Waals surface area contributed by atoms with Crippen molar-refractivity contribution in [2.45, 2.75) is 13.3 Å². The van der Waals surface area contributed by atoms with E-state index in [0.717, 1.165) is 4.90 Å². The first-order chi connectivity index (χ1) is 9.11. The molecule has 0 spiro atoms. The number of para-hydroxylation sites is 2. The highest BCUT2D eigenvalue weighted by atomic mass is 16.3. The third kappa shape index (κ3) is 1.67. The van der Waals surface area contributed by atoms with Crippen LogP contribution in [-0.4, -0.2) is 16.9 Å². The highest BCUT2D eigenvalue weighted by molar-refractivity contribution is 6.22. The quantitative estimate of drug-likeness (QED) is 0.619. The number of hydrogen-bond donors (Lipinski definition) is 1. The van der Waals surface area contributed by atoms with E-state index in [4.69, 9.17) is 0 Å². The van der Waals surface area contributed by atoms with Crippen LogP contribution in [0.3, 0.4) is 0 Å². The van der Waals surface area contributed by atoms with Gasteiger partial charge in [-0.25, -0.2) is 4.90 Å². The lowest BCUT2D eigenvalue weighted by molar-refractivity contribution is -0.122. The molecule has 1 fully saturated rings. The zero-order chi connectivity index (χ0) is 13.6. The van der Waals surface area contributed by atoms with Crippen LogP contribution in [0.1, 0.15) is 13.3 Å². The van der Waals surface area contributed by atoms with Crippen LogP contribution in [0, 0.1) is 17.8 Å². The largest absolute Gasteiger partial charge is 0.506 e. The summed E-state index contributed by atoms with van der Waals surface area (Å²) < 4.78 is 0. The average molecular weight is 257 g/mol. The molecule has 1 heterocycles. The number of rotatable bonds is 1. The van der Waals surface area contributed by atoms with Gasteiger partial charge in [-0.1, -0.05) is 31.2 Å². The summed E-state index contributed by atoms with van der Waals surface area (Å²) in [6.07, 6.45) is 4.55. The van der Waals surface area contributed by atoms with Crippen molar-refractivity contribution in [3.8, 4) is 5.75 Å². The van der Waals surface area contributed by atoms with Crippen molar-refractivity contribution in [1.29, 1.82) is 0 Å². The van der Waals surface area contributed by atoms with E-state index in [1.54, 1.807) is 18.2 Å².